The van der Waals surface area contributed by atoms with Crippen molar-refractivity contribution in [1.82, 2.24) is 9.88 Å². The van der Waals surface area contributed by atoms with Crippen molar-refractivity contribution in [3.63, 3.8) is 0 Å². The van der Waals surface area contributed by atoms with Gasteiger partial charge < -0.3 is 5.73 Å². The number of nitrogens with two attached hydrogens (primary N) is 1. The molecule has 0 unspecified atom stereocenters. The minimum absolute atomic E-state index is 0.0317. The monoisotopic (exact) mass is 393 g/mol. The van der Waals surface area contributed by atoms with Crippen molar-refractivity contribution in [2.45, 2.75) is 32.4 Å². The molecule has 1 aliphatic rings. The predicted octanol–water partition coefficient (Wildman–Crippen LogP) is 3.66. The number of amides is 1. The number of hydrogen-bond donors (Lipinski definition) is 1. The molecular weight excluding hydrogens is 374 g/mol. The van der Waals surface area contributed by atoms with E-state index in [1.807, 2.05) is 12.1 Å². The second-order valence-corrected chi connectivity index (χ2v) is 7.88. The van der Waals surface area contributed by atoms with Gasteiger partial charge in [0, 0.05) is 34.5 Å². The van der Waals surface area contributed by atoms with Crippen molar-refractivity contribution in [3.05, 3.63) is 39.8 Å². The Kier molecular flexibility index (Phi) is 5.14. The number of hydrogen-bond acceptors (Lipinski definition) is 4. The van der Waals surface area contributed by atoms with Gasteiger partial charge in [0.2, 0.25) is 5.91 Å². The SMILES string of the molecule is C[C@@H]1CC[C@H](C(N)=O)CN1Cc1csc(-c2ccc(Br)cc2)n1. The van der Waals surface area contributed by atoms with Gasteiger partial charge in [-0.05, 0) is 31.9 Å². The summed E-state index contributed by atoms with van der Waals surface area (Å²) in [6.07, 6.45) is 1.91. The van der Waals surface area contributed by atoms with Crippen molar-refractivity contribution < 1.29 is 4.79 Å². The number of aromatic nitrogens is 1. The van der Waals surface area contributed by atoms with Crippen molar-refractivity contribution in [2.75, 3.05) is 6.54 Å². The van der Waals surface area contributed by atoms with Crippen molar-refractivity contribution in [3.8, 4) is 10.6 Å². The highest BCUT2D eigenvalue weighted by Crippen LogP contribution is 2.28. The number of nitrogens with zero attached hydrogens (tertiary/aromatic N) is 2. The molecule has 0 bridgehead atoms. The Labute approximate surface area is 148 Å². The fraction of sp³-hybridized carbons (Fsp3) is 0.412. The fourth-order valence-electron chi connectivity index (χ4n) is 2.94. The highest BCUT2D eigenvalue weighted by atomic mass is 79.9. The molecule has 2 atom stereocenters. The number of benzene rings is 1. The van der Waals surface area contributed by atoms with E-state index < -0.39 is 0 Å². The molecule has 0 saturated carbocycles. The summed E-state index contributed by atoms with van der Waals surface area (Å²) in [7, 11) is 0. The van der Waals surface area contributed by atoms with Gasteiger partial charge in [-0.15, -0.1) is 11.3 Å². The molecule has 0 aliphatic carbocycles. The van der Waals surface area contributed by atoms with Gasteiger partial charge in [0.05, 0.1) is 11.6 Å². The van der Waals surface area contributed by atoms with Crippen LogP contribution >= 0.6 is 27.3 Å². The lowest BCUT2D eigenvalue weighted by Crippen LogP contribution is -2.45. The number of halogens is 1. The summed E-state index contributed by atoms with van der Waals surface area (Å²) < 4.78 is 1.07. The van der Waals surface area contributed by atoms with E-state index in [1.54, 1.807) is 11.3 Å². The van der Waals surface area contributed by atoms with Crippen LogP contribution in [0.15, 0.2) is 34.1 Å². The second kappa shape index (κ2) is 7.11. The molecule has 1 amide bonds. The predicted molar refractivity (Wildman–Crippen MR) is 97.0 cm³/mol. The Bertz CT molecular complexity index is 685. The summed E-state index contributed by atoms with van der Waals surface area (Å²) in [6, 6.07) is 8.66. The summed E-state index contributed by atoms with van der Waals surface area (Å²) >= 11 is 5.11. The summed E-state index contributed by atoms with van der Waals surface area (Å²) in [5.41, 5.74) is 7.67. The van der Waals surface area contributed by atoms with E-state index >= 15 is 0 Å². The summed E-state index contributed by atoms with van der Waals surface area (Å²) in [6.45, 7) is 3.72. The lowest BCUT2D eigenvalue weighted by atomic mass is 9.93. The third kappa shape index (κ3) is 4.00. The third-order valence-corrected chi connectivity index (χ3v) is 5.89. The maximum Gasteiger partial charge on any atom is 0.221 e. The average Bonchev–Trinajstić information content (AvgIpc) is 2.98. The molecule has 1 aromatic heterocycles. The highest BCUT2D eigenvalue weighted by Gasteiger charge is 2.28. The van der Waals surface area contributed by atoms with E-state index in [0.717, 1.165) is 46.7 Å². The van der Waals surface area contributed by atoms with Crippen molar-refractivity contribution in [2.24, 2.45) is 11.7 Å². The quantitative estimate of drug-likeness (QED) is 0.861. The van der Waals surface area contributed by atoms with Crippen LogP contribution in [0.2, 0.25) is 0 Å². The number of carbonyl (C=O) groups is 1. The van der Waals surface area contributed by atoms with Gasteiger partial charge in [-0.2, -0.15) is 0 Å². The number of rotatable bonds is 4. The molecule has 3 rings (SSSR count). The van der Waals surface area contributed by atoms with Crippen LogP contribution in [0, 0.1) is 5.92 Å². The first-order valence-electron chi connectivity index (χ1n) is 7.76. The maximum atomic E-state index is 11.5. The van der Waals surface area contributed by atoms with Crippen LogP contribution in [0.3, 0.4) is 0 Å². The van der Waals surface area contributed by atoms with E-state index in [0.29, 0.717) is 6.04 Å². The van der Waals surface area contributed by atoms with E-state index in [1.165, 1.54) is 0 Å². The summed E-state index contributed by atoms with van der Waals surface area (Å²) in [4.78, 5) is 18.5. The van der Waals surface area contributed by atoms with Gasteiger partial charge in [-0.3, -0.25) is 9.69 Å². The molecule has 2 heterocycles. The zero-order valence-electron chi connectivity index (χ0n) is 13.0. The van der Waals surface area contributed by atoms with Crippen LogP contribution in [0.1, 0.15) is 25.5 Å². The van der Waals surface area contributed by atoms with Gasteiger partial charge in [0.15, 0.2) is 0 Å². The Morgan fingerprint density at radius 1 is 1.39 bits per heavy atom. The molecule has 1 fully saturated rings. The van der Waals surface area contributed by atoms with Gasteiger partial charge in [0.1, 0.15) is 5.01 Å². The van der Waals surface area contributed by atoms with Crippen LogP contribution in [0.25, 0.3) is 10.6 Å². The van der Waals surface area contributed by atoms with Gasteiger partial charge in [-0.1, -0.05) is 28.1 Å². The molecule has 2 aromatic rings. The first-order chi connectivity index (χ1) is 11.0. The molecule has 0 radical (unpaired) electrons. The largest absolute Gasteiger partial charge is 0.369 e. The number of piperidine rings is 1. The molecule has 6 heteroatoms. The molecule has 1 saturated heterocycles. The minimum atomic E-state index is -0.185. The Morgan fingerprint density at radius 3 is 2.83 bits per heavy atom. The Morgan fingerprint density at radius 2 is 2.13 bits per heavy atom. The zero-order valence-corrected chi connectivity index (χ0v) is 15.4. The molecule has 122 valence electrons. The van der Waals surface area contributed by atoms with Gasteiger partial charge in [-0.25, -0.2) is 4.98 Å². The molecule has 23 heavy (non-hydrogen) atoms. The zero-order chi connectivity index (χ0) is 16.4. The van der Waals surface area contributed by atoms with Gasteiger partial charge in [0.25, 0.3) is 0 Å². The third-order valence-electron chi connectivity index (χ3n) is 4.42. The number of carbonyl (C=O) groups excluding carboxylic acids is 1. The minimum Gasteiger partial charge on any atom is -0.369 e. The number of thiazole rings is 1. The first kappa shape index (κ1) is 16.6. The van der Waals surface area contributed by atoms with Crippen LogP contribution in [-0.2, 0) is 11.3 Å². The van der Waals surface area contributed by atoms with Crippen LogP contribution in [0.5, 0.6) is 0 Å². The maximum absolute atomic E-state index is 11.5. The average molecular weight is 394 g/mol. The molecule has 1 aliphatic heterocycles. The van der Waals surface area contributed by atoms with Gasteiger partial charge >= 0.3 is 0 Å². The smallest absolute Gasteiger partial charge is 0.221 e. The van der Waals surface area contributed by atoms with E-state index in [2.05, 4.69) is 45.3 Å². The highest BCUT2D eigenvalue weighted by molar-refractivity contribution is 9.10. The number of primary amides is 1. The van der Waals surface area contributed by atoms with Crippen LogP contribution in [-0.4, -0.2) is 28.4 Å². The second-order valence-electron chi connectivity index (χ2n) is 6.11. The fourth-order valence-corrected chi connectivity index (χ4v) is 4.03. The molecule has 0 spiro atoms. The van der Waals surface area contributed by atoms with E-state index in [9.17, 15) is 4.79 Å². The van der Waals surface area contributed by atoms with Crippen molar-refractivity contribution in [1.29, 1.82) is 0 Å². The Hall–Kier alpha value is -1.24. The van der Waals surface area contributed by atoms with E-state index in [4.69, 9.17) is 10.7 Å². The molecule has 1 aromatic carbocycles. The first-order valence-corrected chi connectivity index (χ1v) is 9.44. The van der Waals surface area contributed by atoms with E-state index in [-0.39, 0.29) is 11.8 Å². The summed E-state index contributed by atoms with van der Waals surface area (Å²) in [5.74, 6) is -0.216. The molecule has 4 nitrogen and oxygen atoms in total. The van der Waals surface area contributed by atoms with Crippen LogP contribution in [0.4, 0.5) is 0 Å². The molecule has 2 N–H and O–H groups in total. The topological polar surface area (TPSA) is 59.2 Å². The summed E-state index contributed by atoms with van der Waals surface area (Å²) in [5, 5.41) is 3.14. The van der Waals surface area contributed by atoms with Crippen LogP contribution < -0.4 is 5.73 Å². The van der Waals surface area contributed by atoms with Crippen molar-refractivity contribution >= 4 is 33.2 Å². The number of likely N-dealkylation sites (tertiary alicyclic amines) is 1. The lowest BCUT2D eigenvalue weighted by Gasteiger charge is -2.36. The normalized spacial score (nSPS) is 22.2. The lowest BCUT2D eigenvalue weighted by molar-refractivity contribution is -0.124. The molecular formula is C17H20BrN3OS. The Balaban J connectivity index is 1.70. The standard InChI is InChI=1S/C17H20BrN3OS/c1-11-2-3-13(16(19)22)8-21(11)9-15-10-23-17(20-15)12-4-6-14(18)7-5-12/h4-7,10-11,13H,2-3,8-9H2,1H3,(H2,19,22)/t11-,13+/m1/s1.